The third-order valence-corrected chi connectivity index (χ3v) is 3.24. The van der Waals surface area contributed by atoms with Gasteiger partial charge in [-0.25, -0.2) is 0 Å². The van der Waals surface area contributed by atoms with Crippen LogP contribution in [0.15, 0.2) is 22.7 Å². The lowest BCUT2D eigenvalue weighted by Gasteiger charge is -2.20. The number of aryl methyl sites for hydroxylation is 1. The summed E-state index contributed by atoms with van der Waals surface area (Å²) >= 11 is 3.36. The minimum atomic E-state index is -0.203. The quantitative estimate of drug-likeness (QED) is 0.897. The molecule has 1 atom stereocenters. The van der Waals surface area contributed by atoms with E-state index in [4.69, 9.17) is 0 Å². The van der Waals surface area contributed by atoms with Gasteiger partial charge in [-0.05, 0) is 36.6 Å². The summed E-state index contributed by atoms with van der Waals surface area (Å²) in [5.74, 6) is 0.0717. The zero-order valence-corrected chi connectivity index (χ0v) is 11.9. The second kappa shape index (κ2) is 6.17. The van der Waals surface area contributed by atoms with Gasteiger partial charge < -0.3 is 10.4 Å². The summed E-state index contributed by atoms with van der Waals surface area (Å²) in [7, 11) is 0. The van der Waals surface area contributed by atoms with E-state index in [-0.39, 0.29) is 24.5 Å². The molecule has 0 aliphatic rings. The maximum atomic E-state index is 12.0. The van der Waals surface area contributed by atoms with Gasteiger partial charge in [0.05, 0.1) is 12.6 Å². The first-order chi connectivity index (χ1) is 7.95. The van der Waals surface area contributed by atoms with Crippen LogP contribution in [0, 0.1) is 12.8 Å². The van der Waals surface area contributed by atoms with Crippen molar-refractivity contribution in [2.45, 2.75) is 26.8 Å². The van der Waals surface area contributed by atoms with Crippen molar-refractivity contribution in [2.24, 2.45) is 5.92 Å². The van der Waals surface area contributed by atoms with Crippen molar-refractivity contribution < 1.29 is 9.90 Å². The van der Waals surface area contributed by atoms with E-state index in [1.165, 1.54) is 0 Å². The summed E-state index contributed by atoms with van der Waals surface area (Å²) in [5, 5.41) is 12.0. The monoisotopic (exact) mass is 299 g/mol. The lowest BCUT2D eigenvalue weighted by molar-refractivity contribution is 0.0896. The zero-order valence-electron chi connectivity index (χ0n) is 10.3. The van der Waals surface area contributed by atoms with Crippen molar-refractivity contribution in [2.75, 3.05) is 6.61 Å². The molecule has 4 heteroatoms. The molecule has 0 saturated heterocycles. The van der Waals surface area contributed by atoms with Crippen LogP contribution in [-0.2, 0) is 0 Å². The van der Waals surface area contributed by atoms with E-state index >= 15 is 0 Å². The molecule has 0 unspecified atom stereocenters. The Morgan fingerprint density at radius 2 is 2.12 bits per heavy atom. The molecule has 0 aromatic heterocycles. The van der Waals surface area contributed by atoms with E-state index in [1.807, 2.05) is 32.9 Å². The molecule has 1 aromatic rings. The maximum absolute atomic E-state index is 12.0. The summed E-state index contributed by atoms with van der Waals surface area (Å²) in [5.41, 5.74) is 1.56. The van der Waals surface area contributed by atoms with Gasteiger partial charge >= 0.3 is 0 Å². The Bertz CT molecular complexity index is 404. The standard InChI is InChI=1S/C13H18BrNO2/c1-8(2)12(7-16)15-13(17)11-5-4-10(14)6-9(11)3/h4-6,8,12,16H,7H2,1-3H3,(H,15,17)/t12-/m1/s1. The first-order valence-electron chi connectivity index (χ1n) is 5.63. The predicted molar refractivity (Wildman–Crippen MR) is 72.1 cm³/mol. The minimum absolute atomic E-state index is 0.0427. The summed E-state index contributed by atoms with van der Waals surface area (Å²) in [6.07, 6.45) is 0. The normalized spacial score (nSPS) is 12.6. The molecule has 0 spiro atoms. The molecule has 0 bridgehead atoms. The molecule has 94 valence electrons. The Kier molecular flexibility index (Phi) is 5.15. The van der Waals surface area contributed by atoms with Crippen LogP contribution >= 0.6 is 15.9 Å². The Balaban J connectivity index is 2.82. The highest BCUT2D eigenvalue weighted by Crippen LogP contribution is 2.16. The van der Waals surface area contributed by atoms with Crippen LogP contribution in [0.4, 0.5) is 0 Å². The molecule has 1 rings (SSSR count). The lowest BCUT2D eigenvalue weighted by atomic mass is 10.0. The minimum Gasteiger partial charge on any atom is -0.394 e. The van der Waals surface area contributed by atoms with E-state index in [1.54, 1.807) is 6.07 Å². The Morgan fingerprint density at radius 1 is 1.47 bits per heavy atom. The summed E-state index contributed by atoms with van der Waals surface area (Å²) < 4.78 is 0.953. The fourth-order valence-corrected chi connectivity index (χ4v) is 2.03. The van der Waals surface area contributed by atoms with Crippen molar-refractivity contribution in [3.05, 3.63) is 33.8 Å². The molecule has 1 amide bonds. The van der Waals surface area contributed by atoms with Crippen molar-refractivity contribution in [1.29, 1.82) is 0 Å². The van der Waals surface area contributed by atoms with Gasteiger partial charge in [-0.15, -0.1) is 0 Å². The number of rotatable bonds is 4. The number of nitrogens with one attached hydrogen (secondary N) is 1. The van der Waals surface area contributed by atoms with Crippen molar-refractivity contribution in [3.8, 4) is 0 Å². The van der Waals surface area contributed by atoms with Gasteiger partial charge in [-0.1, -0.05) is 29.8 Å². The van der Waals surface area contributed by atoms with Gasteiger partial charge in [0.15, 0.2) is 0 Å². The van der Waals surface area contributed by atoms with Crippen molar-refractivity contribution in [1.82, 2.24) is 5.32 Å². The molecule has 2 N–H and O–H groups in total. The highest BCUT2D eigenvalue weighted by Gasteiger charge is 2.17. The van der Waals surface area contributed by atoms with Gasteiger partial charge in [0.25, 0.3) is 5.91 Å². The van der Waals surface area contributed by atoms with Gasteiger partial charge in [0.1, 0.15) is 0 Å². The number of hydrogen-bond acceptors (Lipinski definition) is 2. The molecule has 0 saturated carbocycles. The van der Waals surface area contributed by atoms with Crippen LogP contribution in [0.3, 0.4) is 0 Å². The summed E-state index contributed by atoms with van der Waals surface area (Å²) in [6.45, 7) is 5.78. The summed E-state index contributed by atoms with van der Waals surface area (Å²) in [4.78, 5) is 12.0. The molecule has 0 fully saturated rings. The average molecular weight is 300 g/mol. The lowest BCUT2D eigenvalue weighted by Crippen LogP contribution is -2.41. The van der Waals surface area contributed by atoms with Crippen molar-refractivity contribution >= 4 is 21.8 Å². The highest BCUT2D eigenvalue weighted by atomic mass is 79.9. The van der Waals surface area contributed by atoms with E-state index < -0.39 is 0 Å². The number of hydrogen-bond donors (Lipinski definition) is 2. The third kappa shape index (κ3) is 3.82. The fraction of sp³-hybridized carbons (Fsp3) is 0.462. The number of aliphatic hydroxyl groups is 1. The van der Waals surface area contributed by atoms with Gasteiger partial charge in [-0.3, -0.25) is 4.79 Å². The van der Waals surface area contributed by atoms with Crippen LogP contribution in [0.2, 0.25) is 0 Å². The Morgan fingerprint density at radius 3 is 2.59 bits per heavy atom. The van der Waals surface area contributed by atoms with E-state index in [2.05, 4.69) is 21.2 Å². The van der Waals surface area contributed by atoms with Crippen LogP contribution in [-0.4, -0.2) is 23.7 Å². The van der Waals surface area contributed by atoms with Crippen LogP contribution < -0.4 is 5.32 Å². The number of halogens is 1. The maximum Gasteiger partial charge on any atom is 0.251 e. The SMILES string of the molecule is Cc1cc(Br)ccc1C(=O)N[C@H](CO)C(C)C. The second-order valence-corrected chi connectivity index (χ2v) is 5.38. The molecule has 0 radical (unpaired) electrons. The predicted octanol–water partition coefficient (Wildman–Crippen LogP) is 2.50. The van der Waals surface area contributed by atoms with Gasteiger partial charge in [-0.2, -0.15) is 0 Å². The highest BCUT2D eigenvalue weighted by molar-refractivity contribution is 9.10. The van der Waals surface area contributed by atoms with Crippen molar-refractivity contribution in [3.63, 3.8) is 0 Å². The van der Waals surface area contributed by atoms with E-state index in [9.17, 15) is 9.90 Å². The average Bonchev–Trinajstić information content (AvgIpc) is 2.24. The fourth-order valence-electron chi connectivity index (χ4n) is 1.55. The largest absolute Gasteiger partial charge is 0.394 e. The molecule has 0 aliphatic heterocycles. The van der Waals surface area contributed by atoms with Crippen LogP contribution in [0.1, 0.15) is 29.8 Å². The number of carbonyl (C=O) groups excluding carboxylic acids is 1. The topological polar surface area (TPSA) is 49.3 Å². The zero-order chi connectivity index (χ0) is 13.0. The van der Waals surface area contributed by atoms with E-state index in [0.717, 1.165) is 10.0 Å². The molecule has 17 heavy (non-hydrogen) atoms. The molecular weight excluding hydrogens is 282 g/mol. The smallest absolute Gasteiger partial charge is 0.251 e. The first kappa shape index (κ1) is 14.2. The number of benzene rings is 1. The molecular formula is C13H18BrNO2. The van der Waals surface area contributed by atoms with E-state index in [0.29, 0.717) is 5.56 Å². The molecule has 1 aromatic carbocycles. The number of aliphatic hydroxyl groups excluding tert-OH is 1. The van der Waals surface area contributed by atoms with Crippen LogP contribution in [0.5, 0.6) is 0 Å². The van der Waals surface area contributed by atoms with Gasteiger partial charge in [0, 0.05) is 10.0 Å². The number of amides is 1. The molecule has 0 heterocycles. The first-order valence-corrected chi connectivity index (χ1v) is 6.43. The third-order valence-electron chi connectivity index (χ3n) is 2.75. The Labute approximate surface area is 110 Å². The second-order valence-electron chi connectivity index (χ2n) is 4.47. The Hall–Kier alpha value is -0.870. The molecule has 3 nitrogen and oxygen atoms in total. The molecule has 0 aliphatic carbocycles. The summed E-state index contributed by atoms with van der Waals surface area (Å²) in [6, 6.07) is 5.32. The van der Waals surface area contributed by atoms with Gasteiger partial charge in [0.2, 0.25) is 0 Å². The van der Waals surface area contributed by atoms with Crippen LogP contribution in [0.25, 0.3) is 0 Å². The number of carbonyl (C=O) groups is 1.